The summed E-state index contributed by atoms with van der Waals surface area (Å²) in [6, 6.07) is 14.5. The third-order valence-electron chi connectivity index (χ3n) is 3.39. The molecule has 21 heavy (non-hydrogen) atoms. The molecule has 0 fully saturated rings. The highest BCUT2D eigenvalue weighted by molar-refractivity contribution is 9.10. The van der Waals surface area contributed by atoms with Gasteiger partial charge in [-0.1, -0.05) is 50.1 Å². The Hall–Kier alpha value is -0.840. The second-order valence-electron chi connectivity index (χ2n) is 4.78. The number of hydrogen-bond donors (Lipinski definition) is 0. The van der Waals surface area contributed by atoms with Crippen LogP contribution in [-0.2, 0) is 13.0 Å². The summed E-state index contributed by atoms with van der Waals surface area (Å²) in [7, 11) is 0. The van der Waals surface area contributed by atoms with Crippen LogP contribution in [0.5, 0.6) is 0 Å². The van der Waals surface area contributed by atoms with Crippen LogP contribution in [0.1, 0.15) is 11.4 Å². The van der Waals surface area contributed by atoms with Gasteiger partial charge in [0.25, 0.3) is 0 Å². The Morgan fingerprint density at radius 3 is 2.67 bits per heavy atom. The second-order valence-corrected chi connectivity index (χ2v) is 6.93. The molecule has 0 spiro atoms. The molecule has 0 unspecified atom stereocenters. The average molecular weight is 429 g/mol. The molecule has 0 amide bonds. The molecule has 0 N–H and O–H groups in total. The Balaban J connectivity index is 2.11. The Labute approximate surface area is 145 Å². The maximum absolute atomic E-state index is 5.93. The van der Waals surface area contributed by atoms with Crippen molar-refractivity contribution in [3.63, 3.8) is 0 Å². The van der Waals surface area contributed by atoms with Gasteiger partial charge in [-0.15, -0.1) is 11.6 Å². The molecule has 1 heterocycles. The van der Waals surface area contributed by atoms with Crippen LogP contribution in [0.3, 0.4) is 0 Å². The van der Waals surface area contributed by atoms with Crippen LogP contribution in [0.4, 0.5) is 0 Å². The van der Waals surface area contributed by atoms with Crippen molar-refractivity contribution in [1.82, 2.24) is 9.55 Å². The molecule has 0 saturated carbocycles. The fourth-order valence-electron chi connectivity index (χ4n) is 2.40. The predicted molar refractivity (Wildman–Crippen MR) is 95.1 cm³/mol. The van der Waals surface area contributed by atoms with Crippen LogP contribution in [0.15, 0.2) is 51.4 Å². The van der Waals surface area contributed by atoms with Gasteiger partial charge in [0.05, 0.1) is 17.6 Å². The topological polar surface area (TPSA) is 17.8 Å². The molecule has 0 radical (unpaired) electrons. The van der Waals surface area contributed by atoms with E-state index < -0.39 is 0 Å². The largest absolute Gasteiger partial charge is 0.323 e. The van der Waals surface area contributed by atoms with Crippen molar-refractivity contribution in [2.45, 2.75) is 13.0 Å². The van der Waals surface area contributed by atoms with Gasteiger partial charge in [-0.3, -0.25) is 0 Å². The number of hydrogen-bond acceptors (Lipinski definition) is 1. The van der Waals surface area contributed by atoms with Crippen molar-refractivity contribution >= 4 is 54.5 Å². The van der Waals surface area contributed by atoms with Gasteiger partial charge in [-0.05, 0) is 29.8 Å². The van der Waals surface area contributed by atoms with Crippen molar-refractivity contribution in [2.24, 2.45) is 0 Å². The number of imidazole rings is 1. The Kier molecular flexibility index (Phi) is 4.67. The highest BCUT2D eigenvalue weighted by Gasteiger charge is 2.12. The van der Waals surface area contributed by atoms with Crippen LogP contribution in [0.2, 0.25) is 0 Å². The van der Waals surface area contributed by atoms with E-state index in [9.17, 15) is 0 Å². The fourth-order valence-corrected chi connectivity index (χ4v) is 3.33. The molecule has 0 aliphatic carbocycles. The quantitative estimate of drug-likeness (QED) is 0.510. The molecule has 0 saturated heterocycles. The van der Waals surface area contributed by atoms with Crippen molar-refractivity contribution in [3.8, 4) is 0 Å². The van der Waals surface area contributed by atoms with Crippen molar-refractivity contribution in [1.29, 1.82) is 0 Å². The summed E-state index contributed by atoms with van der Waals surface area (Å²) in [4.78, 5) is 4.72. The molecule has 0 aliphatic heterocycles. The molecule has 3 rings (SSSR count). The summed E-state index contributed by atoms with van der Waals surface area (Å²) >= 11 is 13.0. The summed E-state index contributed by atoms with van der Waals surface area (Å²) in [5.74, 6) is 1.59. The van der Waals surface area contributed by atoms with Gasteiger partial charge in [0.15, 0.2) is 0 Å². The minimum Gasteiger partial charge on any atom is -0.323 e. The van der Waals surface area contributed by atoms with Gasteiger partial charge in [0.2, 0.25) is 0 Å². The summed E-state index contributed by atoms with van der Waals surface area (Å²) in [6.07, 6.45) is 0.762. The lowest BCUT2D eigenvalue weighted by molar-refractivity contribution is 0.752. The van der Waals surface area contributed by atoms with Gasteiger partial charge in [0, 0.05) is 21.2 Å². The minimum atomic E-state index is 0.570. The number of rotatable bonds is 4. The Bertz CT molecular complexity index is 783. The number of halogens is 3. The summed E-state index contributed by atoms with van der Waals surface area (Å²) < 4.78 is 4.39. The lowest BCUT2D eigenvalue weighted by Gasteiger charge is -2.10. The van der Waals surface area contributed by atoms with Gasteiger partial charge in [-0.2, -0.15) is 0 Å². The third kappa shape index (κ3) is 3.17. The molecule has 3 aromatic rings. The van der Waals surface area contributed by atoms with Crippen LogP contribution in [-0.4, -0.2) is 15.4 Å². The zero-order chi connectivity index (χ0) is 14.8. The van der Waals surface area contributed by atoms with Crippen molar-refractivity contribution in [3.05, 3.63) is 62.8 Å². The van der Waals surface area contributed by atoms with E-state index in [1.807, 2.05) is 18.2 Å². The maximum Gasteiger partial charge on any atom is 0.111 e. The van der Waals surface area contributed by atoms with E-state index in [-0.39, 0.29) is 0 Å². The van der Waals surface area contributed by atoms with Crippen molar-refractivity contribution < 1.29 is 0 Å². The highest BCUT2D eigenvalue weighted by Crippen LogP contribution is 2.24. The van der Waals surface area contributed by atoms with Crippen LogP contribution < -0.4 is 0 Å². The highest BCUT2D eigenvalue weighted by atomic mass is 79.9. The van der Waals surface area contributed by atoms with Crippen LogP contribution in [0.25, 0.3) is 11.0 Å². The first-order valence-electron chi connectivity index (χ1n) is 6.63. The first kappa shape index (κ1) is 15.1. The fraction of sp³-hybridized carbons (Fsp3) is 0.188. The van der Waals surface area contributed by atoms with Gasteiger partial charge in [-0.25, -0.2) is 4.98 Å². The number of aromatic nitrogens is 2. The van der Waals surface area contributed by atoms with Gasteiger partial charge in [0.1, 0.15) is 5.82 Å². The lowest BCUT2D eigenvalue weighted by Crippen LogP contribution is -2.06. The second kappa shape index (κ2) is 6.51. The molecular formula is C16H13Br2ClN2. The first-order chi connectivity index (χ1) is 10.2. The molecular weight excluding hydrogens is 415 g/mol. The zero-order valence-electron chi connectivity index (χ0n) is 11.2. The molecule has 5 heteroatoms. The first-order valence-corrected chi connectivity index (χ1v) is 8.75. The molecule has 0 aliphatic rings. The van der Waals surface area contributed by atoms with E-state index in [1.165, 1.54) is 5.56 Å². The average Bonchev–Trinajstić information content (AvgIpc) is 2.79. The Morgan fingerprint density at radius 2 is 1.90 bits per heavy atom. The SMILES string of the molecule is ClCCc1nc2cc(Br)ccc2n1Cc1ccccc1Br. The number of benzene rings is 2. The summed E-state index contributed by atoms with van der Waals surface area (Å²) in [5.41, 5.74) is 3.36. The standard InChI is InChI=1S/C16H13Br2ClN2/c17-12-5-6-15-14(9-12)20-16(7-8-19)21(15)10-11-3-1-2-4-13(11)18/h1-6,9H,7-8,10H2. The van der Waals surface area contributed by atoms with Crippen LogP contribution in [0, 0.1) is 0 Å². The maximum atomic E-state index is 5.93. The predicted octanol–water partition coefficient (Wildman–Crippen LogP) is 5.39. The Morgan fingerprint density at radius 1 is 1.10 bits per heavy atom. The van der Waals surface area contributed by atoms with E-state index in [4.69, 9.17) is 16.6 Å². The van der Waals surface area contributed by atoms with E-state index in [0.29, 0.717) is 5.88 Å². The molecule has 0 atom stereocenters. The smallest absolute Gasteiger partial charge is 0.111 e. The van der Waals surface area contributed by atoms with Gasteiger partial charge >= 0.3 is 0 Å². The third-order valence-corrected chi connectivity index (χ3v) is 4.85. The lowest BCUT2D eigenvalue weighted by atomic mass is 10.2. The molecule has 2 aromatic carbocycles. The zero-order valence-corrected chi connectivity index (χ0v) is 15.1. The molecule has 108 valence electrons. The summed E-state index contributed by atoms with van der Waals surface area (Å²) in [6.45, 7) is 0.784. The molecule has 0 bridgehead atoms. The normalized spacial score (nSPS) is 11.2. The monoisotopic (exact) mass is 426 g/mol. The molecule has 1 aromatic heterocycles. The van der Waals surface area contributed by atoms with Crippen LogP contribution >= 0.6 is 43.5 Å². The van der Waals surface area contributed by atoms with Gasteiger partial charge < -0.3 is 4.57 Å². The van der Waals surface area contributed by atoms with Crippen molar-refractivity contribution in [2.75, 3.05) is 5.88 Å². The van der Waals surface area contributed by atoms with E-state index in [2.05, 4.69) is 60.7 Å². The van der Waals surface area contributed by atoms with E-state index >= 15 is 0 Å². The van der Waals surface area contributed by atoms with E-state index in [1.54, 1.807) is 0 Å². The number of nitrogens with zero attached hydrogens (tertiary/aromatic N) is 2. The number of fused-ring (bicyclic) bond motifs is 1. The number of aryl methyl sites for hydroxylation is 1. The van der Waals surface area contributed by atoms with E-state index in [0.717, 1.165) is 38.8 Å². The molecule has 2 nitrogen and oxygen atoms in total. The summed E-state index contributed by atoms with van der Waals surface area (Å²) in [5, 5.41) is 0. The number of alkyl halides is 1. The minimum absolute atomic E-state index is 0.570.